The van der Waals surface area contributed by atoms with Gasteiger partial charge in [0.2, 0.25) is 0 Å². The first kappa shape index (κ1) is 12.1. The molecule has 0 amide bonds. The van der Waals surface area contributed by atoms with Gasteiger partial charge < -0.3 is 19.7 Å². The molecule has 1 aliphatic heterocycles. The number of nitrogens with zero attached hydrogens (tertiary/aromatic N) is 2. The molecular formula is C12H19N3O2. The van der Waals surface area contributed by atoms with E-state index in [9.17, 15) is 0 Å². The summed E-state index contributed by atoms with van der Waals surface area (Å²) in [6, 6.07) is 5.95. The number of rotatable bonds is 4. The number of aromatic nitrogens is 1. The van der Waals surface area contributed by atoms with Crippen molar-refractivity contribution in [3.8, 4) is 0 Å². The standard InChI is InChI=1S/C12H19N3O2/c1-13-11-5-4-6-12(14-11)15-7-9(16-2)10(8-15)17-3/h4-6,9-10H,7-8H2,1-3H3,(H,13,14). The van der Waals surface area contributed by atoms with Crippen molar-refractivity contribution in [3.63, 3.8) is 0 Å². The van der Waals surface area contributed by atoms with Crippen LogP contribution in [0.5, 0.6) is 0 Å². The number of hydrogen-bond acceptors (Lipinski definition) is 5. The Morgan fingerprint density at radius 2 is 1.88 bits per heavy atom. The summed E-state index contributed by atoms with van der Waals surface area (Å²) in [6.45, 7) is 1.63. The molecule has 2 heterocycles. The summed E-state index contributed by atoms with van der Waals surface area (Å²) in [7, 11) is 5.31. The van der Waals surface area contributed by atoms with Gasteiger partial charge in [-0.15, -0.1) is 0 Å². The number of hydrogen-bond donors (Lipinski definition) is 1. The van der Waals surface area contributed by atoms with E-state index in [1.165, 1.54) is 0 Å². The maximum absolute atomic E-state index is 5.41. The fraction of sp³-hybridized carbons (Fsp3) is 0.583. The third-order valence-corrected chi connectivity index (χ3v) is 3.14. The molecule has 0 aromatic carbocycles. The molecule has 1 aromatic rings. The van der Waals surface area contributed by atoms with E-state index in [4.69, 9.17) is 9.47 Å². The minimum atomic E-state index is 0.111. The second-order valence-corrected chi connectivity index (χ2v) is 4.08. The monoisotopic (exact) mass is 237 g/mol. The lowest BCUT2D eigenvalue weighted by Crippen LogP contribution is -2.27. The van der Waals surface area contributed by atoms with E-state index in [1.807, 2.05) is 25.2 Å². The van der Waals surface area contributed by atoms with Crippen molar-refractivity contribution < 1.29 is 9.47 Å². The lowest BCUT2D eigenvalue weighted by Gasteiger charge is -2.17. The van der Waals surface area contributed by atoms with Gasteiger partial charge in [0.05, 0.1) is 0 Å². The van der Waals surface area contributed by atoms with Gasteiger partial charge in [-0.2, -0.15) is 0 Å². The highest BCUT2D eigenvalue weighted by Crippen LogP contribution is 2.22. The number of nitrogens with one attached hydrogen (secondary N) is 1. The second kappa shape index (κ2) is 5.33. The van der Waals surface area contributed by atoms with Crippen LogP contribution in [-0.2, 0) is 9.47 Å². The molecule has 0 radical (unpaired) electrons. The molecular weight excluding hydrogens is 218 g/mol. The Hall–Kier alpha value is -1.33. The average Bonchev–Trinajstić information content (AvgIpc) is 2.82. The van der Waals surface area contributed by atoms with Gasteiger partial charge >= 0.3 is 0 Å². The van der Waals surface area contributed by atoms with Crippen molar-refractivity contribution in [2.24, 2.45) is 0 Å². The number of anilines is 2. The van der Waals surface area contributed by atoms with Crippen LogP contribution >= 0.6 is 0 Å². The predicted octanol–water partition coefficient (Wildman–Crippen LogP) is 0.973. The molecule has 2 rings (SSSR count). The molecule has 0 bridgehead atoms. The third-order valence-electron chi connectivity index (χ3n) is 3.14. The zero-order chi connectivity index (χ0) is 12.3. The number of pyridine rings is 1. The quantitative estimate of drug-likeness (QED) is 0.845. The van der Waals surface area contributed by atoms with Crippen molar-refractivity contribution in [2.75, 3.05) is 44.6 Å². The molecule has 2 atom stereocenters. The molecule has 0 aliphatic carbocycles. The van der Waals surface area contributed by atoms with E-state index in [0.29, 0.717) is 0 Å². The van der Waals surface area contributed by atoms with Crippen LogP contribution in [0.1, 0.15) is 0 Å². The Kier molecular flexibility index (Phi) is 3.81. The molecule has 2 unspecified atom stereocenters. The van der Waals surface area contributed by atoms with E-state index < -0.39 is 0 Å². The zero-order valence-electron chi connectivity index (χ0n) is 10.5. The van der Waals surface area contributed by atoms with Crippen LogP contribution in [0.3, 0.4) is 0 Å². The molecule has 1 saturated heterocycles. The molecule has 1 fully saturated rings. The van der Waals surface area contributed by atoms with Crippen LogP contribution in [0.4, 0.5) is 11.6 Å². The Morgan fingerprint density at radius 1 is 1.24 bits per heavy atom. The van der Waals surface area contributed by atoms with Crippen LogP contribution in [0, 0.1) is 0 Å². The van der Waals surface area contributed by atoms with Gasteiger partial charge in [-0.25, -0.2) is 4.98 Å². The van der Waals surface area contributed by atoms with Crippen LogP contribution < -0.4 is 10.2 Å². The molecule has 17 heavy (non-hydrogen) atoms. The van der Waals surface area contributed by atoms with E-state index in [0.717, 1.165) is 24.7 Å². The highest BCUT2D eigenvalue weighted by molar-refractivity contribution is 5.48. The maximum Gasteiger partial charge on any atom is 0.131 e. The first-order valence-electron chi connectivity index (χ1n) is 5.74. The van der Waals surface area contributed by atoms with Gasteiger partial charge in [-0.1, -0.05) is 6.07 Å². The molecule has 1 N–H and O–H groups in total. The number of ether oxygens (including phenoxy) is 2. The summed E-state index contributed by atoms with van der Waals surface area (Å²) >= 11 is 0. The van der Waals surface area contributed by atoms with Gasteiger partial charge in [0.25, 0.3) is 0 Å². The summed E-state index contributed by atoms with van der Waals surface area (Å²) in [6.07, 6.45) is 0.222. The SMILES string of the molecule is CNc1cccc(N2CC(OC)C(OC)C2)n1. The first-order valence-corrected chi connectivity index (χ1v) is 5.74. The molecule has 0 spiro atoms. The third kappa shape index (κ3) is 2.50. The van der Waals surface area contributed by atoms with E-state index in [-0.39, 0.29) is 12.2 Å². The lowest BCUT2D eigenvalue weighted by molar-refractivity contribution is -0.00461. The van der Waals surface area contributed by atoms with Gasteiger partial charge in [-0.3, -0.25) is 0 Å². The first-order chi connectivity index (χ1) is 8.28. The summed E-state index contributed by atoms with van der Waals surface area (Å²) in [5.41, 5.74) is 0. The smallest absolute Gasteiger partial charge is 0.131 e. The van der Waals surface area contributed by atoms with Crippen molar-refractivity contribution >= 4 is 11.6 Å². The molecule has 1 aliphatic rings. The van der Waals surface area contributed by atoms with Crippen LogP contribution in [0.2, 0.25) is 0 Å². The van der Waals surface area contributed by atoms with Crippen molar-refractivity contribution in [2.45, 2.75) is 12.2 Å². The van der Waals surface area contributed by atoms with E-state index in [1.54, 1.807) is 14.2 Å². The highest BCUT2D eigenvalue weighted by atomic mass is 16.5. The molecule has 5 heteroatoms. The molecule has 94 valence electrons. The van der Waals surface area contributed by atoms with Crippen LogP contribution in [-0.4, -0.2) is 51.5 Å². The molecule has 1 aromatic heterocycles. The number of methoxy groups -OCH3 is 2. The highest BCUT2D eigenvalue weighted by Gasteiger charge is 2.33. The fourth-order valence-corrected chi connectivity index (χ4v) is 2.12. The van der Waals surface area contributed by atoms with Crippen molar-refractivity contribution in [1.82, 2.24) is 4.98 Å². The minimum Gasteiger partial charge on any atom is -0.377 e. The van der Waals surface area contributed by atoms with Crippen LogP contribution in [0.25, 0.3) is 0 Å². The lowest BCUT2D eigenvalue weighted by atomic mass is 10.3. The van der Waals surface area contributed by atoms with E-state index >= 15 is 0 Å². The normalized spacial score (nSPS) is 24.1. The second-order valence-electron chi connectivity index (χ2n) is 4.08. The van der Waals surface area contributed by atoms with Crippen molar-refractivity contribution in [1.29, 1.82) is 0 Å². The average molecular weight is 237 g/mol. The van der Waals surface area contributed by atoms with Gasteiger partial charge in [0.15, 0.2) is 0 Å². The molecule has 5 nitrogen and oxygen atoms in total. The zero-order valence-corrected chi connectivity index (χ0v) is 10.5. The maximum atomic E-state index is 5.41. The summed E-state index contributed by atoms with van der Waals surface area (Å²) < 4.78 is 10.8. The Morgan fingerprint density at radius 3 is 2.41 bits per heavy atom. The summed E-state index contributed by atoms with van der Waals surface area (Å²) in [5.74, 6) is 1.83. The van der Waals surface area contributed by atoms with Crippen molar-refractivity contribution in [3.05, 3.63) is 18.2 Å². The van der Waals surface area contributed by atoms with Gasteiger partial charge in [0, 0.05) is 34.4 Å². The fourth-order valence-electron chi connectivity index (χ4n) is 2.12. The summed E-state index contributed by atoms with van der Waals surface area (Å²) in [4.78, 5) is 6.70. The predicted molar refractivity (Wildman–Crippen MR) is 67.6 cm³/mol. The van der Waals surface area contributed by atoms with Crippen LogP contribution in [0.15, 0.2) is 18.2 Å². The minimum absolute atomic E-state index is 0.111. The topological polar surface area (TPSA) is 46.6 Å². The Bertz CT molecular complexity index is 361. The largest absolute Gasteiger partial charge is 0.377 e. The Balaban J connectivity index is 2.13. The van der Waals surface area contributed by atoms with Gasteiger partial charge in [0.1, 0.15) is 23.8 Å². The van der Waals surface area contributed by atoms with Gasteiger partial charge in [-0.05, 0) is 12.1 Å². The summed E-state index contributed by atoms with van der Waals surface area (Å²) in [5, 5.41) is 3.04. The molecule has 0 saturated carbocycles. The van der Waals surface area contributed by atoms with E-state index in [2.05, 4.69) is 15.2 Å². The Labute approximate surface area is 102 Å².